The highest BCUT2D eigenvalue weighted by Gasteiger charge is 2.40. The number of fused-ring (bicyclic) bond motifs is 2. The van der Waals surface area contributed by atoms with Crippen LogP contribution in [0.25, 0.3) is 0 Å². The molecule has 1 aliphatic carbocycles. The summed E-state index contributed by atoms with van der Waals surface area (Å²) in [6.45, 7) is 0.639. The molecule has 2 aromatic rings. The second-order valence-corrected chi connectivity index (χ2v) is 9.60. The number of aliphatic hydroxyl groups is 1. The fraction of sp³-hybridized carbons (Fsp3) is 0.481. The fourth-order valence-corrected chi connectivity index (χ4v) is 5.48. The largest absolute Gasteiger partial charge is 0.389 e. The molecule has 2 heterocycles. The van der Waals surface area contributed by atoms with Crippen LogP contribution in [-0.4, -0.2) is 72.0 Å². The topological polar surface area (TPSA) is 88.1 Å². The van der Waals surface area contributed by atoms with Gasteiger partial charge in [0, 0.05) is 18.2 Å². The zero-order chi connectivity index (χ0) is 23.5. The number of benzene rings is 2. The number of nitrogens with one attached hydrogen (secondary N) is 1. The van der Waals surface area contributed by atoms with Crippen LogP contribution in [0.5, 0.6) is 0 Å². The smallest absolute Gasteiger partial charge is 0.254 e. The number of aliphatic hydroxyl groups excluding tert-OH is 1. The van der Waals surface area contributed by atoms with Gasteiger partial charge in [-0.3, -0.25) is 9.59 Å². The van der Waals surface area contributed by atoms with Crippen LogP contribution in [0, 0.1) is 0 Å². The summed E-state index contributed by atoms with van der Waals surface area (Å²) in [5.74, 6) is -0.113. The molecule has 0 bridgehead atoms. The lowest BCUT2D eigenvalue weighted by atomic mass is 9.94. The van der Waals surface area contributed by atoms with E-state index in [-0.39, 0.29) is 55.9 Å². The van der Waals surface area contributed by atoms with E-state index in [9.17, 15) is 14.7 Å². The molecule has 0 spiro atoms. The minimum atomic E-state index is -0.743. The number of amides is 2. The van der Waals surface area contributed by atoms with Crippen molar-refractivity contribution >= 4 is 11.8 Å². The van der Waals surface area contributed by atoms with Gasteiger partial charge >= 0.3 is 0 Å². The highest BCUT2D eigenvalue weighted by Crippen LogP contribution is 2.29. The predicted octanol–water partition coefficient (Wildman–Crippen LogP) is 2.11. The minimum absolute atomic E-state index is 0.000610. The van der Waals surface area contributed by atoms with Gasteiger partial charge in [-0.05, 0) is 48.9 Å². The van der Waals surface area contributed by atoms with Crippen LogP contribution >= 0.6 is 0 Å². The van der Waals surface area contributed by atoms with Gasteiger partial charge in [-0.15, -0.1) is 0 Å². The van der Waals surface area contributed by atoms with Crippen LogP contribution < -0.4 is 5.32 Å². The van der Waals surface area contributed by atoms with Crippen LogP contribution in [0.15, 0.2) is 54.6 Å². The average Bonchev–Trinajstić information content (AvgIpc) is 3.24. The molecule has 180 valence electrons. The van der Waals surface area contributed by atoms with E-state index in [2.05, 4.69) is 17.4 Å². The number of carbonyl (C=O) groups excluding carboxylic acids is 2. The van der Waals surface area contributed by atoms with Crippen molar-refractivity contribution in [2.75, 3.05) is 19.8 Å². The number of β-amino-alcohol motifs (C(OH)–C–C–N with tert-alkyl or cyclic N) is 1. The summed E-state index contributed by atoms with van der Waals surface area (Å²) in [5.41, 5.74) is 3.21. The van der Waals surface area contributed by atoms with Crippen molar-refractivity contribution in [2.45, 2.75) is 62.5 Å². The monoisotopic (exact) mass is 464 g/mol. The van der Waals surface area contributed by atoms with Crippen molar-refractivity contribution in [3.8, 4) is 0 Å². The van der Waals surface area contributed by atoms with E-state index in [1.807, 2.05) is 30.3 Å². The summed E-state index contributed by atoms with van der Waals surface area (Å²) in [4.78, 5) is 27.8. The van der Waals surface area contributed by atoms with Crippen molar-refractivity contribution in [1.29, 1.82) is 0 Å². The molecule has 2 aliphatic heterocycles. The third-order valence-electron chi connectivity index (χ3n) is 7.09. The molecule has 7 heteroatoms. The average molecular weight is 465 g/mol. The Morgan fingerprint density at radius 1 is 0.971 bits per heavy atom. The summed E-state index contributed by atoms with van der Waals surface area (Å²) in [7, 11) is 0. The lowest BCUT2D eigenvalue weighted by Crippen LogP contribution is -2.57. The van der Waals surface area contributed by atoms with E-state index in [1.54, 1.807) is 17.0 Å². The van der Waals surface area contributed by atoms with Crippen LogP contribution in [0.1, 0.15) is 40.7 Å². The number of carbonyl (C=O) groups is 2. The van der Waals surface area contributed by atoms with E-state index >= 15 is 0 Å². The lowest BCUT2D eigenvalue weighted by Gasteiger charge is -2.44. The second kappa shape index (κ2) is 10.3. The quantitative estimate of drug-likeness (QED) is 0.724. The fourth-order valence-electron chi connectivity index (χ4n) is 5.48. The molecule has 2 amide bonds. The van der Waals surface area contributed by atoms with Crippen molar-refractivity contribution in [3.63, 3.8) is 0 Å². The molecule has 2 aromatic carbocycles. The molecule has 2 N–H and O–H groups in total. The zero-order valence-electron chi connectivity index (χ0n) is 19.3. The van der Waals surface area contributed by atoms with Gasteiger partial charge in [-0.1, -0.05) is 42.5 Å². The first-order valence-corrected chi connectivity index (χ1v) is 12.2. The minimum Gasteiger partial charge on any atom is -0.389 e. The van der Waals surface area contributed by atoms with Gasteiger partial charge in [0.05, 0.1) is 37.9 Å². The summed E-state index contributed by atoms with van der Waals surface area (Å²) < 4.78 is 12.0. The molecule has 2 saturated heterocycles. The molecule has 0 radical (unpaired) electrons. The second-order valence-electron chi connectivity index (χ2n) is 9.60. The van der Waals surface area contributed by atoms with Crippen molar-refractivity contribution in [1.82, 2.24) is 10.2 Å². The van der Waals surface area contributed by atoms with Crippen LogP contribution in [-0.2, 0) is 27.1 Å². The maximum absolute atomic E-state index is 13.3. The van der Waals surface area contributed by atoms with Gasteiger partial charge in [0.2, 0.25) is 5.91 Å². The number of nitrogens with zero attached hydrogens (tertiary/aromatic N) is 1. The van der Waals surface area contributed by atoms with Gasteiger partial charge in [0.1, 0.15) is 6.10 Å². The Morgan fingerprint density at radius 3 is 2.41 bits per heavy atom. The number of ether oxygens (including phenoxy) is 2. The molecule has 7 nitrogen and oxygen atoms in total. The van der Waals surface area contributed by atoms with Crippen LogP contribution in [0.2, 0.25) is 0 Å². The Bertz CT molecular complexity index is 988. The van der Waals surface area contributed by atoms with Crippen LogP contribution in [0.4, 0.5) is 0 Å². The summed E-state index contributed by atoms with van der Waals surface area (Å²) in [6, 6.07) is 17.4. The first kappa shape index (κ1) is 23.0. The highest BCUT2D eigenvalue weighted by molar-refractivity contribution is 5.94. The Morgan fingerprint density at radius 2 is 1.68 bits per heavy atom. The van der Waals surface area contributed by atoms with E-state index in [1.165, 1.54) is 11.1 Å². The Hall–Kier alpha value is -2.74. The molecular formula is C27H32N2O5. The Labute approximate surface area is 200 Å². The maximum atomic E-state index is 13.3. The summed E-state index contributed by atoms with van der Waals surface area (Å²) in [6.07, 6.45) is 2.11. The molecule has 0 aromatic heterocycles. The third-order valence-corrected chi connectivity index (χ3v) is 7.09. The van der Waals surface area contributed by atoms with E-state index in [0.717, 1.165) is 12.8 Å². The zero-order valence-corrected chi connectivity index (χ0v) is 19.3. The van der Waals surface area contributed by atoms with E-state index < -0.39 is 6.10 Å². The van der Waals surface area contributed by atoms with Crippen molar-refractivity contribution in [3.05, 3.63) is 71.3 Å². The molecule has 34 heavy (non-hydrogen) atoms. The molecule has 4 atom stereocenters. The van der Waals surface area contributed by atoms with Gasteiger partial charge in [-0.25, -0.2) is 0 Å². The number of hydrogen-bond acceptors (Lipinski definition) is 5. The third kappa shape index (κ3) is 5.17. The molecule has 3 aliphatic rings. The lowest BCUT2D eigenvalue weighted by molar-refractivity contribution is -0.151. The molecule has 5 rings (SSSR count). The van der Waals surface area contributed by atoms with Crippen molar-refractivity contribution in [2.24, 2.45) is 0 Å². The molecule has 0 unspecified atom stereocenters. The van der Waals surface area contributed by atoms with Gasteiger partial charge < -0.3 is 24.8 Å². The maximum Gasteiger partial charge on any atom is 0.254 e. The van der Waals surface area contributed by atoms with Gasteiger partial charge in [0.25, 0.3) is 5.91 Å². The van der Waals surface area contributed by atoms with Gasteiger partial charge in [0.15, 0.2) is 0 Å². The number of hydrogen-bond donors (Lipinski definition) is 2. The molecule has 0 saturated carbocycles. The first-order chi connectivity index (χ1) is 16.6. The molecule has 2 fully saturated rings. The normalized spacial score (nSPS) is 27.3. The predicted molar refractivity (Wildman–Crippen MR) is 126 cm³/mol. The van der Waals surface area contributed by atoms with Crippen molar-refractivity contribution < 1.29 is 24.2 Å². The van der Waals surface area contributed by atoms with Gasteiger partial charge in [-0.2, -0.15) is 0 Å². The van der Waals surface area contributed by atoms with E-state index in [4.69, 9.17) is 9.47 Å². The van der Waals surface area contributed by atoms with E-state index in [0.29, 0.717) is 24.8 Å². The standard InChI is InChI=1S/C27H32N2O5/c30-22-15-29(27(32)18-6-2-1-3-7-18)24-11-10-23(34-25(24)17-33-16-22)14-26(31)28-21-12-19-8-4-5-9-20(19)13-21/h1-9,21-25,30H,10-17H2,(H,28,31)/t22-,23-,24-,25+/m1/s1. The highest BCUT2D eigenvalue weighted by atomic mass is 16.5. The molecular weight excluding hydrogens is 432 g/mol. The SMILES string of the molecule is O=C(C[C@H]1CC[C@@H]2[C@H](COC[C@H](O)CN2C(=O)c2ccccc2)O1)NC1Cc2ccccc2C1. The Balaban J connectivity index is 1.20. The first-order valence-electron chi connectivity index (χ1n) is 12.2. The van der Waals surface area contributed by atoms with Crippen LogP contribution in [0.3, 0.4) is 0 Å². The number of rotatable bonds is 4. The Kier molecular flexibility index (Phi) is 6.94. The summed E-state index contributed by atoms with van der Waals surface area (Å²) in [5, 5.41) is 13.5. The summed E-state index contributed by atoms with van der Waals surface area (Å²) >= 11 is 0.